The van der Waals surface area contributed by atoms with Crippen molar-refractivity contribution in [1.29, 1.82) is 0 Å². The van der Waals surface area contributed by atoms with Gasteiger partial charge in [0, 0.05) is 12.8 Å². The highest BCUT2D eigenvalue weighted by Crippen LogP contribution is 2.38. The van der Waals surface area contributed by atoms with Crippen molar-refractivity contribution in [1.82, 2.24) is 0 Å². The standard InChI is InChI=1S/C70H132NO8P/c1-6-8-10-12-14-16-18-20-22-24-26-28-30-32-33-34-35-36-37-39-41-43-45-47-49-51-53-55-57-59-61-63-70(73)79-68(67-78-80(74,75)77-65-64-71(3,4)5)66-76-69(72)62-60-58-56-54-52-50-48-46-44-42-40-38-31-29-27-25-23-21-19-17-15-13-11-9-7-2/h8,10,14,16,20,22,26,28,68H,6-7,9,11-13,15,17-19,21,23-25,27,29-67H2,1-5H3/b10-8-,16-14-,22-20-,28-26-. The summed E-state index contributed by atoms with van der Waals surface area (Å²) < 4.78 is 34.3. The molecule has 0 aromatic carbocycles. The van der Waals surface area contributed by atoms with Crippen LogP contribution in [0.15, 0.2) is 48.6 Å². The zero-order valence-corrected chi connectivity index (χ0v) is 54.4. The van der Waals surface area contributed by atoms with E-state index in [4.69, 9.17) is 18.5 Å². The van der Waals surface area contributed by atoms with Gasteiger partial charge in [0.25, 0.3) is 7.82 Å². The largest absolute Gasteiger partial charge is 0.756 e. The van der Waals surface area contributed by atoms with Crippen molar-refractivity contribution in [2.75, 3.05) is 47.5 Å². The number of allylic oxidation sites excluding steroid dienone is 8. The number of unbranched alkanes of at least 4 members (excludes halogenated alkanes) is 42. The molecular formula is C70H132NO8P. The summed E-state index contributed by atoms with van der Waals surface area (Å²) in [5.41, 5.74) is 0. The Labute approximate surface area is 496 Å². The summed E-state index contributed by atoms with van der Waals surface area (Å²) in [7, 11) is 1.18. The predicted molar refractivity (Wildman–Crippen MR) is 342 cm³/mol. The molecule has 0 N–H and O–H groups in total. The molecule has 9 nitrogen and oxygen atoms in total. The van der Waals surface area contributed by atoms with Gasteiger partial charge < -0.3 is 27.9 Å². The highest BCUT2D eigenvalue weighted by Gasteiger charge is 2.22. The molecule has 0 aliphatic heterocycles. The van der Waals surface area contributed by atoms with Gasteiger partial charge in [-0.2, -0.15) is 0 Å². The maximum Gasteiger partial charge on any atom is 0.306 e. The molecule has 0 aliphatic rings. The quantitative estimate of drug-likeness (QED) is 0.0195. The van der Waals surface area contributed by atoms with Crippen molar-refractivity contribution < 1.29 is 42.1 Å². The van der Waals surface area contributed by atoms with Gasteiger partial charge in [0.15, 0.2) is 6.10 Å². The first-order chi connectivity index (χ1) is 39.0. The third-order valence-electron chi connectivity index (χ3n) is 15.4. The molecule has 0 heterocycles. The Morgan fingerprint density at radius 2 is 0.713 bits per heavy atom. The number of carbonyl (C=O) groups is 2. The van der Waals surface area contributed by atoms with E-state index in [2.05, 4.69) is 62.5 Å². The Morgan fingerprint density at radius 3 is 1.06 bits per heavy atom. The molecule has 0 aromatic heterocycles. The molecule has 0 saturated carbocycles. The molecule has 470 valence electrons. The van der Waals surface area contributed by atoms with Gasteiger partial charge in [0.05, 0.1) is 27.7 Å². The van der Waals surface area contributed by atoms with E-state index in [1.165, 1.54) is 244 Å². The number of nitrogens with zero attached hydrogens (tertiary/aromatic N) is 1. The smallest absolute Gasteiger partial charge is 0.306 e. The van der Waals surface area contributed by atoms with Crippen molar-refractivity contribution in [2.24, 2.45) is 0 Å². The SMILES string of the molecule is CC/C=C\C/C=C\C/C=C\C/C=C\CCCCCCCCCCCCCCCCCCCCC(=O)OC(COC(=O)CCCCCCCCCCCCCCCCCCCCCCCCCCC)COP(=O)([O-])OCC[N+](C)(C)C. The van der Waals surface area contributed by atoms with E-state index < -0.39 is 26.5 Å². The number of quaternary nitrogens is 1. The lowest BCUT2D eigenvalue weighted by Gasteiger charge is -2.28. The molecule has 2 atom stereocenters. The summed E-state index contributed by atoms with van der Waals surface area (Å²) in [5, 5.41) is 0. The van der Waals surface area contributed by atoms with Gasteiger partial charge >= 0.3 is 11.9 Å². The monoisotopic (exact) mass is 1150 g/mol. The lowest BCUT2D eigenvalue weighted by molar-refractivity contribution is -0.870. The van der Waals surface area contributed by atoms with Crippen LogP contribution in [0.5, 0.6) is 0 Å². The highest BCUT2D eigenvalue weighted by molar-refractivity contribution is 7.45. The van der Waals surface area contributed by atoms with Crippen LogP contribution in [0.4, 0.5) is 0 Å². The number of phosphoric ester groups is 1. The van der Waals surface area contributed by atoms with Crippen molar-refractivity contribution in [2.45, 2.75) is 341 Å². The van der Waals surface area contributed by atoms with Gasteiger partial charge in [0.2, 0.25) is 0 Å². The van der Waals surface area contributed by atoms with Crippen LogP contribution in [0, 0.1) is 0 Å². The van der Waals surface area contributed by atoms with Crippen molar-refractivity contribution in [3.63, 3.8) is 0 Å². The number of phosphoric acid groups is 1. The van der Waals surface area contributed by atoms with Crippen LogP contribution < -0.4 is 4.89 Å². The average Bonchev–Trinajstić information content (AvgIpc) is 3.42. The van der Waals surface area contributed by atoms with E-state index in [-0.39, 0.29) is 32.0 Å². The molecule has 0 aromatic rings. The molecule has 2 unspecified atom stereocenters. The summed E-state index contributed by atoms with van der Waals surface area (Å²) in [6.07, 6.45) is 79.0. The fourth-order valence-corrected chi connectivity index (χ4v) is 10.9. The minimum absolute atomic E-state index is 0.0283. The Hall–Kier alpha value is -2.03. The first-order valence-corrected chi connectivity index (χ1v) is 35.8. The van der Waals surface area contributed by atoms with Crippen molar-refractivity contribution in [3.8, 4) is 0 Å². The normalized spacial score (nSPS) is 13.4. The Morgan fingerprint density at radius 1 is 0.400 bits per heavy atom. The number of ether oxygens (including phenoxy) is 2. The van der Waals surface area contributed by atoms with Crippen LogP contribution in [0.25, 0.3) is 0 Å². The van der Waals surface area contributed by atoms with E-state index in [0.717, 1.165) is 57.8 Å². The van der Waals surface area contributed by atoms with Crippen LogP contribution in [0.2, 0.25) is 0 Å². The molecule has 0 bridgehead atoms. The summed E-state index contributed by atoms with van der Waals surface area (Å²) in [6, 6.07) is 0. The van der Waals surface area contributed by atoms with E-state index >= 15 is 0 Å². The van der Waals surface area contributed by atoms with Gasteiger partial charge in [-0.15, -0.1) is 0 Å². The molecule has 80 heavy (non-hydrogen) atoms. The number of esters is 2. The second-order valence-corrected chi connectivity index (χ2v) is 25.9. The maximum absolute atomic E-state index is 12.9. The summed E-state index contributed by atoms with van der Waals surface area (Å²) in [5.74, 6) is -0.813. The lowest BCUT2D eigenvalue weighted by atomic mass is 10.0. The topological polar surface area (TPSA) is 111 Å². The van der Waals surface area contributed by atoms with Crippen LogP contribution in [-0.2, 0) is 32.7 Å². The zero-order valence-electron chi connectivity index (χ0n) is 53.5. The first kappa shape index (κ1) is 78.0. The molecule has 0 saturated heterocycles. The fourth-order valence-electron chi connectivity index (χ4n) is 10.1. The second-order valence-electron chi connectivity index (χ2n) is 24.5. The van der Waals surface area contributed by atoms with Gasteiger partial charge in [0.1, 0.15) is 19.8 Å². The van der Waals surface area contributed by atoms with E-state index in [1.54, 1.807) is 0 Å². The van der Waals surface area contributed by atoms with Gasteiger partial charge in [-0.05, 0) is 51.4 Å². The van der Waals surface area contributed by atoms with Gasteiger partial charge in [-0.1, -0.05) is 319 Å². The van der Waals surface area contributed by atoms with E-state index in [9.17, 15) is 19.0 Å². The average molecular weight is 1150 g/mol. The summed E-state index contributed by atoms with van der Waals surface area (Å²) in [6.45, 7) is 4.19. The minimum Gasteiger partial charge on any atom is -0.756 e. The van der Waals surface area contributed by atoms with E-state index in [1.807, 2.05) is 21.1 Å². The molecule has 0 spiro atoms. The Kier molecular flexibility index (Phi) is 60.0. The first-order valence-electron chi connectivity index (χ1n) is 34.3. The molecule has 10 heteroatoms. The number of rotatable bonds is 64. The Bertz CT molecular complexity index is 1490. The van der Waals surface area contributed by atoms with Crippen LogP contribution in [0.3, 0.4) is 0 Å². The molecule has 0 amide bonds. The molecule has 0 aliphatic carbocycles. The molecular weight excluding hydrogens is 1010 g/mol. The molecule has 0 rings (SSSR count). The number of hydrogen-bond acceptors (Lipinski definition) is 8. The summed E-state index contributed by atoms with van der Waals surface area (Å²) >= 11 is 0. The van der Waals surface area contributed by atoms with E-state index in [0.29, 0.717) is 17.4 Å². The lowest BCUT2D eigenvalue weighted by Crippen LogP contribution is -2.37. The third kappa shape index (κ3) is 65.1. The number of carbonyl (C=O) groups excluding carboxylic acids is 2. The van der Waals surface area contributed by atoms with Gasteiger partial charge in [-0.25, -0.2) is 0 Å². The van der Waals surface area contributed by atoms with Gasteiger partial charge in [-0.3, -0.25) is 14.2 Å². The van der Waals surface area contributed by atoms with Crippen LogP contribution >= 0.6 is 7.82 Å². The second kappa shape index (κ2) is 61.5. The minimum atomic E-state index is -4.64. The number of likely N-dealkylation sites (N-methyl/N-ethyl adjacent to an activating group) is 1. The van der Waals surface area contributed by atoms with Crippen molar-refractivity contribution in [3.05, 3.63) is 48.6 Å². The maximum atomic E-state index is 12.9. The van der Waals surface area contributed by atoms with Crippen molar-refractivity contribution >= 4 is 19.8 Å². The highest BCUT2D eigenvalue weighted by atomic mass is 31.2. The molecule has 0 radical (unpaired) electrons. The third-order valence-corrected chi connectivity index (χ3v) is 16.3. The zero-order chi connectivity index (χ0) is 58.4. The summed E-state index contributed by atoms with van der Waals surface area (Å²) in [4.78, 5) is 38.0. The predicted octanol–water partition coefficient (Wildman–Crippen LogP) is 21.4. The number of hydrogen-bond donors (Lipinski definition) is 0. The van der Waals surface area contributed by atoms with Crippen LogP contribution in [0.1, 0.15) is 335 Å². The fraction of sp³-hybridized carbons (Fsp3) is 0.857. The Balaban J connectivity index is 4.01. The molecule has 0 fully saturated rings. The van der Waals surface area contributed by atoms with Crippen LogP contribution in [-0.4, -0.2) is 70.0 Å².